The van der Waals surface area contributed by atoms with Crippen molar-refractivity contribution in [1.82, 2.24) is 10.3 Å². The van der Waals surface area contributed by atoms with Crippen molar-refractivity contribution in [3.8, 4) is 0 Å². The lowest BCUT2D eigenvalue weighted by molar-refractivity contribution is -0.117. The van der Waals surface area contributed by atoms with Gasteiger partial charge in [0.05, 0.1) is 6.04 Å². The van der Waals surface area contributed by atoms with E-state index in [1.54, 1.807) is 0 Å². The van der Waals surface area contributed by atoms with Crippen LogP contribution in [-0.4, -0.2) is 23.5 Å². The second-order valence-corrected chi connectivity index (χ2v) is 5.65. The molecule has 1 atom stereocenters. The third-order valence-corrected chi connectivity index (χ3v) is 3.98. The molecule has 2 heterocycles. The molecule has 0 bridgehead atoms. The van der Waals surface area contributed by atoms with E-state index >= 15 is 0 Å². The second-order valence-electron chi connectivity index (χ2n) is 5.65. The Kier molecular flexibility index (Phi) is 2.73. The van der Waals surface area contributed by atoms with Crippen molar-refractivity contribution < 1.29 is 9.21 Å². The van der Waals surface area contributed by atoms with Crippen molar-refractivity contribution in [2.45, 2.75) is 37.6 Å². The molecule has 5 nitrogen and oxygen atoms in total. The van der Waals surface area contributed by atoms with Gasteiger partial charge in [-0.15, -0.1) is 0 Å². The van der Waals surface area contributed by atoms with Gasteiger partial charge in [-0.3, -0.25) is 4.79 Å². The SMILES string of the molecule is O=C(Nc1ccc2nc(C3CC3)oc2c1)C1CCCN1. The molecule has 1 unspecified atom stereocenters. The molecule has 1 amide bonds. The Labute approximate surface area is 116 Å². The Bertz CT molecular complexity index is 654. The number of rotatable bonds is 3. The maximum Gasteiger partial charge on any atom is 0.241 e. The highest BCUT2D eigenvalue weighted by Gasteiger charge is 2.29. The molecule has 20 heavy (non-hydrogen) atoms. The van der Waals surface area contributed by atoms with E-state index in [1.807, 2.05) is 18.2 Å². The van der Waals surface area contributed by atoms with Gasteiger partial charge < -0.3 is 15.1 Å². The number of nitrogens with zero attached hydrogens (tertiary/aromatic N) is 1. The van der Waals surface area contributed by atoms with Crippen molar-refractivity contribution in [2.75, 3.05) is 11.9 Å². The van der Waals surface area contributed by atoms with Gasteiger partial charge in [-0.25, -0.2) is 4.98 Å². The quantitative estimate of drug-likeness (QED) is 0.899. The molecular weight excluding hydrogens is 254 g/mol. The monoisotopic (exact) mass is 271 g/mol. The summed E-state index contributed by atoms with van der Waals surface area (Å²) in [4.78, 5) is 16.5. The number of benzene rings is 1. The fraction of sp³-hybridized carbons (Fsp3) is 0.467. The van der Waals surface area contributed by atoms with Crippen LogP contribution in [0.3, 0.4) is 0 Å². The van der Waals surface area contributed by atoms with Gasteiger partial charge >= 0.3 is 0 Å². The van der Waals surface area contributed by atoms with Crippen LogP contribution in [0.2, 0.25) is 0 Å². The van der Waals surface area contributed by atoms with Gasteiger partial charge in [-0.05, 0) is 44.4 Å². The molecule has 104 valence electrons. The number of carbonyl (C=O) groups excluding carboxylic acids is 1. The average molecular weight is 271 g/mol. The molecule has 0 spiro atoms. The van der Waals surface area contributed by atoms with Crippen molar-refractivity contribution in [2.24, 2.45) is 0 Å². The van der Waals surface area contributed by atoms with E-state index in [0.29, 0.717) is 5.92 Å². The fourth-order valence-electron chi connectivity index (χ4n) is 2.66. The first-order valence-electron chi connectivity index (χ1n) is 7.24. The zero-order chi connectivity index (χ0) is 13.5. The van der Waals surface area contributed by atoms with Crippen LogP contribution in [0.15, 0.2) is 22.6 Å². The summed E-state index contributed by atoms with van der Waals surface area (Å²) in [7, 11) is 0. The summed E-state index contributed by atoms with van der Waals surface area (Å²) in [6.45, 7) is 0.921. The minimum atomic E-state index is -0.0672. The minimum Gasteiger partial charge on any atom is -0.440 e. The zero-order valence-corrected chi connectivity index (χ0v) is 11.2. The van der Waals surface area contributed by atoms with Gasteiger partial charge in [0.2, 0.25) is 5.91 Å². The molecule has 0 radical (unpaired) electrons. The van der Waals surface area contributed by atoms with Crippen molar-refractivity contribution >= 4 is 22.7 Å². The molecule has 2 aromatic rings. The van der Waals surface area contributed by atoms with E-state index in [-0.39, 0.29) is 11.9 Å². The number of hydrogen-bond donors (Lipinski definition) is 2. The molecule has 1 aliphatic heterocycles. The smallest absolute Gasteiger partial charge is 0.241 e. The highest BCUT2D eigenvalue weighted by Crippen LogP contribution is 2.40. The van der Waals surface area contributed by atoms with E-state index in [2.05, 4.69) is 15.6 Å². The summed E-state index contributed by atoms with van der Waals surface area (Å²) < 4.78 is 5.76. The van der Waals surface area contributed by atoms with E-state index in [1.165, 1.54) is 12.8 Å². The summed E-state index contributed by atoms with van der Waals surface area (Å²) >= 11 is 0. The molecule has 2 fully saturated rings. The van der Waals surface area contributed by atoms with E-state index < -0.39 is 0 Å². The normalized spacial score (nSPS) is 22.3. The first kappa shape index (κ1) is 11.9. The number of anilines is 1. The zero-order valence-electron chi connectivity index (χ0n) is 11.2. The number of fused-ring (bicyclic) bond motifs is 1. The topological polar surface area (TPSA) is 67.2 Å². The minimum absolute atomic E-state index is 0.0313. The summed E-state index contributed by atoms with van der Waals surface area (Å²) in [6.07, 6.45) is 4.31. The molecule has 4 rings (SSSR count). The lowest BCUT2D eigenvalue weighted by Gasteiger charge is -2.10. The molecule has 1 aromatic heterocycles. The number of carbonyl (C=O) groups is 1. The van der Waals surface area contributed by atoms with Crippen LogP contribution in [0, 0.1) is 0 Å². The molecule has 1 aromatic carbocycles. The average Bonchev–Trinajstić information content (AvgIpc) is 3.00. The van der Waals surface area contributed by atoms with Crippen LogP contribution in [0.25, 0.3) is 11.1 Å². The van der Waals surface area contributed by atoms with E-state index in [9.17, 15) is 4.79 Å². The number of amides is 1. The molecule has 1 saturated carbocycles. The van der Waals surface area contributed by atoms with Gasteiger partial charge in [0.25, 0.3) is 0 Å². The number of oxazole rings is 1. The molecular formula is C15H17N3O2. The fourth-order valence-corrected chi connectivity index (χ4v) is 2.66. The Hall–Kier alpha value is -1.88. The third-order valence-electron chi connectivity index (χ3n) is 3.98. The van der Waals surface area contributed by atoms with E-state index in [0.717, 1.165) is 42.1 Å². The predicted molar refractivity (Wildman–Crippen MR) is 75.6 cm³/mol. The number of hydrogen-bond acceptors (Lipinski definition) is 4. The molecule has 2 aliphatic rings. The number of aromatic nitrogens is 1. The maximum atomic E-state index is 12.1. The second kappa shape index (κ2) is 4.59. The van der Waals surface area contributed by atoms with Gasteiger partial charge in [-0.2, -0.15) is 0 Å². The Morgan fingerprint density at radius 2 is 2.25 bits per heavy atom. The maximum absolute atomic E-state index is 12.1. The molecule has 1 aliphatic carbocycles. The van der Waals surface area contributed by atoms with Crippen LogP contribution >= 0.6 is 0 Å². The van der Waals surface area contributed by atoms with Crippen molar-refractivity contribution in [3.05, 3.63) is 24.1 Å². The summed E-state index contributed by atoms with van der Waals surface area (Å²) in [6, 6.07) is 5.58. The summed E-state index contributed by atoms with van der Waals surface area (Å²) in [5.41, 5.74) is 2.39. The van der Waals surface area contributed by atoms with Gasteiger partial charge in [0, 0.05) is 17.7 Å². The van der Waals surface area contributed by atoms with Crippen LogP contribution in [0.1, 0.15) is 37.5 Å². The molecule has 5 heteroatoms. The van der Waals surface area contributed by atoms with Gasteiger partial charge in [0.1, 0.15) is 5.52 Å². The first-order valence-corrected chi connectivity index (χ1v) is 7.24. The lowest BCUT2D eigenvalue weighted by atomic mass is 10.2. The van der Waals surface area contributed by atoms with Gasteiger partial charge in [-0.1, -0.05) is 0 Å². The van der Waals surface area contributed by atoms with Crippen LogP contribution in [0.5, 0.6) is 0 Å². The number of nitrogens with one attached hydrogen (secondary N) is 2. The van der Waals surface area contributed by atoms with Crippen molar-refractivity contribution in [3.63, 3.8) is 0 Å². The highest BCUT2D eigenvalue weighted by atomic mass is 16.3. The molecule has 1 saturated heterocycles. The standard InChI is InChI=1S/C15H17N3O2/c19-14(12-2-1-7-16-12)17-10-5-6-11-13(8-10)20-15(18-11)9-3-4-9/h5-6,8-9,12,16H,1-4,7H2,(H,17,19). The summed E-state index contributed by atoms with van der Waals surface area (Å²) in [5.74, 6) is 1.37. The van der Waals surface area contributed by atoms with Crippen LogP contribution in [0.4, 0.5) is 5.69 Å². The van der Waals surface area contributed by atoms with Crippen LogP contribution < -0.4 is 10.6 Å². The third kappa shape index (κ3) is 2.18. The Morgan fingerprint density at radius 3 is 3.00 bits per heavy atom. The van der Waals surface area contributed by atoms with Crippen LogP contribution in [-0.2, 0) is 4.79 Å². The first-order chi connectivity index (χ1) is 9.79. The molecule has 2 N–H and O–H groups in total. The predicted octanol–water partition coefficient (Wildman–Crippen LogP) is 2.40. The van der Waals surface area contributed by atoms with E-state index in [4.69, 9.17) is 4.42 Å². The Morgan fingerprint density at radius 1 is 1.35 bits per heavy atom. The van der Waals surface area contributed by atoms with Gasteiger partial charge in [0.15, 0.2) is 11.5 Å². The van der Waals surface area contributed by atoms with Crippen molar-refractivity contribution in [1.29, 1.82) is 0 Å². The highest BCUT2D eigenvalue weighted by molar-refractivity contribution is 5.96. The summed E-state index contributed by atoms with van der Waals surface area (Å²) in [5, 5.41) is 6.13. The Balaban J connectivity index is 1.55. The largest absolute Gasteiger partial charge is 0.440 e. The lowest BCUT2D eigenvalue weighted by Crippen LogP contribution is -2.35.